The van der Waals surface area contributed by atoms with Gasteiger partial charge in [0.15, 0.2) is 0 Å². The normalized spacial score (nSPS) is 39.8. The minimum atomic E-state index is -0.312. The number of rotatable bonds is 6. The molecule has 9 heteroatoms. The van der Waals surface area contributed by atoms with Gasteiger partial charge < -0.3 is 20.4 Å². The number of nitrogens with one attached hydrogen (secondary N) is 2. The zero-order valence-electron chi connectivity index (χ0n) is 18.5. The molecule has 4 atom stereocenters. The van der Waals surface area contributed by atoms with Crippen molar-refractivity contribution in [3.63, 3.8) is 0 Å². The van der Waals surface area contributed by atoms with E-state index in [2.05, 4.69) is 22.8 Å². The van der Waals surface area contributed by atoms with E-state index in [9.17, 15) is 20.1 Å². The molecular weight excluding hydrogens is 424 g/mol. The highest BCUT2D eigenvalue weighted by Crippen LogP contribution is 2.57. The fourth-order valence-electron chi connectivity index (χ4n) is 7.40. The highest BCUT2D eigenvalue weighted by molar-refractivity contribution is 7.99. The number of hydrogen-bond acceptors (Lipinski definition) is 7. The van der Waals surface area contributed by atoms with E-state index in [-0.39, 0.29) is 41.5 Å². The van der Waals surface area contributed by atoms with Gasteiger partial charge in [0.25, 0.3) is 0 Å². The molecule has 4 bridgehead atoms. The lowest BCUT2D eigenvalue weighted by Crippen LogP contribution is -2.69. The summed E-state index contributed by atoms with van der Waals surface area (Å²) in [5.41, 5.74) is -0.121. The zero-order valence-corrected chi connectivity index (χ0v) is 19.3. The summed E-state index contributed by atoms with van der Waals surface area (Å²) in [5, 5.41) is 25.9. The average Bonchev–Trinajstić information content (AvgIpc) is 3.44. The van der Waals surface area contributed by atoms with Gasteiger partial charge in [-0.15, -0.1) is 11.8 Å². The Morgan fingerprint density at radius 3 is 2.12 bits per heavy atom. The molecule has 2 N–H and O–H groups in total. The van der Waals surface area contributed by atoms with Gasteiger partial charge >= 0.3 is 0 Å². The first-order chi connectivity index (χ1) is 15.4. The third kappa shape index (κ3) is 4.00. The summed E-state index contributed by atoms with van der Waals surface area (Å²) in [6, 6.07) is 3.92. The molecule has 32 heavy (non-hydrogen) atoms. The summed E-state index contributed by atoms with van der Waals surface area (Å²) >= 11 is 1.64. The van der Waals surface area contributed by atoms with Crippen LogP contribution in [0.1, 0.15) is 51.4 Å². The molecular formula is C23H32N6O2S. The fourth-order valence-corrected chi connectivity index (χ4v) is 8.50. The summed E-state index contributed by atoms with van der Waals surface area (Å²) in [7, 11) is 0. The van der Waals surface area contributed by atoms with Crippen molar-refractivity contribution in [2.75, 3.05) is 31.3 Å². The van der Waals surface area contributed by atoms with E-state index in [1.807, 2.05) is 0 Å². The van der Waals surface area contributed by atoms with Crippen molar-refractivity contribution >= 4 is 23.6 Å². The topological polar surface area (TPSA) is 112 Å². The van der Waals surface area contributed by atoms with Crippen molar-refractivity contribution in [3.05, 3.63) is 0 Å². The summed E-state index contributed by atoms with van der Waals surface area (Å²) in [6.07, 6.45) is 8.23. The second-order valence-corrected chi connectivity index (χ2v) is 11.6. The monoisotopic (exact) mass is 456 g/mol. The molecule has 6 fully saturated rings. The van der Waals surface area contributed by atoms with Crippen molar-refractivity contribution in [3.8, 4) is 12.1 Å². The van der Waals surface area contributed by atoms with E-state index in [1.165, 1.54) is 6.42 Å². The lowest BCUT2D eigenvalue weighted by molar-refractivity contribution is -0.132. The van der Waals surface area contributed by atoms with Gasteiger partial charge in [0.2, 0.25) is 11.8 Å². The molecule has 4 aliphatic carbocycles. The maximum absolute atomic E-state index is 12.8. The largest absolute Gasteiger partial charge is 0.326 e. The van der Waals surface area contributed by atoms with E-state index in [0.717, 1.165) is 44.9 Å². The molecule has 2 aliphatic heterocycles. The Morgan fingerprint density at radius 1 is 0.938 bits per heavy atom. The molecule has 8 nitrogen and oxygen atoms in total. The molecule has 2 unspecified atom stereocenters. The van der Waals surface area contributed by atoms with E-state index in [1.54, 1.807) is 21.6 Å². The second-order valence-electron chi connectivity index (χ2n) is 10.6. The van der Waals surface area contributed by atoms with Crippen LogP contribution in [0.3, 0.4) is 0 Å². The van der Waals surface area contributed by atoms with Crippen LogP contribution >= 0.6 is 11.8 Å². The lowest BCUT2D eigenvalue weighted by Gasteiger charge is -2.62. The highest BCUT2D eigenvalue weighted by Gasteiger charge is 2.57. The third-order valence-corrected chi connectivity index (χ3v) is 9.38. The van der Waals surface area contributed by atoms with Gasteiger partial charge in [-0.25, -0.2) is 0 Å². The number of nitrogens with zero attached hydrogens (tertiary/aromatic N) is 4. The minimum Gasteiger partial charge on any atom is -0.326 e. The molecule has 6 rings (SSSR count). The third-order valence-electron chi connectivity index (χ3n) is 8.36. The summed E-state index contributed by atoms with van der Waals surface area (Å²) in [4.78, 5) is 29.1. The fraction of sp³-hybridized carbons (Fsp3) is 0.826. The van der Waals surface area contributed by atoms with Crippen molar-refractivity contribution in [2.24, 2.45) is 11.8 Å². The molecule has 0 aromatic carbocycles. The van der Waals surface area contributed by atoms with E-state index in [4.69, 9.17) is 0 Å². The first-order valence-corrected chi connectivity index (χ1v) is 13.1. The van der Waals surface area contributed by atoms with Crippen molar-refractivity contribution in [1.82, 2.24) is 20.4 Å². The Labute approximate surface area is 194 Å². The van der Waals surface area contributed by atoms with Gasteiger partial charge in [-0.2, -0.15) is 10.5 Å². The molecule has 172 valence electrons. The Balaban J connectivity index is 1.22. The van der Waals surface area contributed by atoms with Crippen molar-refractivity contribution in [1.29, 1.82) is 10.5 Å². The lowest BCUT2D eigenvalue weighted by atomic mass is 9.50. The maximum atomic E-state index is 12.8. The van der Waals surface area contributed by atoms with Crippen LogP contribution in [0.2, 0.25) is 0 Å². The SMILES string of the molecule is N#C[C@@H]1CCCN1C(=O)CNC12CC3CC(C1)CC(NCC(=O)N1CSC[C@H]1C#N)(C3)C2. The average molecular weight is 457 g/mol. The number of carbonyl (C=O) groups is 2. The van der Waals surface area contributed by atoms with Crippen LogP contribution in [-0.2, 0) is 9.59 Å². The molecule has 0 aromatic heterocycles. The van der Waals surface area contributed by atoms with Gasteiger partial charge in [-0.3, -0.25) is 9.59 Å². The van der Waals surface area contributed by atoms with Crippen LogP contribution in [-0.4, -0.2) is 76.0 Å². The first-order valence-electron chi connectivity index (χ1n) is 11.9. The van der Waals surface area contributed by atoms with Gasteiger partial charge in [0.05, 0.1) is 31.1 Å². The molecule has 6 aliphatic rings. The van der Waals surface area contributed by atoms with Crippen LogP contribution in [0.15, 0.2) is 0 Å². The number of likely N-dealkylation sites (tertiary alicyclic amines) is 1. The van der Waals surface area contributed by atoms with Crippen LogP contribution in [0.4, 0.5) is 0 Å². The molecule has 0 radical (unpaired) electrons. The van der Waals surface area contributed by atoms with E-state index in [0.29, 0.717) is 36.6 Å². The number of thioether (sulfide) groups is 1. The molecule has 2 saturated heterocycles. The first kappa shape index (κ1) is 22.0. The Kier molecular flexibility index (Phi) is 5.86. The van der Waals surface area contributed by atoms with Crippen LogP contribution in [0, 0.1) is 34.5 Å². The molecule has 2 amide bonds. The van der Waals surface area contributed by atoms with Gasteiger partial charge in [-0.1, -0.05) is 0 Å². The minimum absolute atomic E-state index is 0.0195. The molecule has 2 heterocycles. The summed E-state index contributed by atoms with van der Waals surface area (Å²) < 4.78 is 0. The van der Waals surface area contributed by atoms with Crippen LogP contribution in [0.5, 0.6) is 0 Å². The van der Waals surface area contributed by atoms with Crippen LogP contribution in [0.25, 0.3) is 0 Å². The van der Waals surface area contributed by atoms with Crippen molar-refractivity contribution < 1.29 is 9.59 Å². The number of hydrogen-bond donors (Lipinski definition) is 2. The number of nitriles is 2. The molecule has 0 aromatic rings. The van der Waals surface area contributed by atoms with E-state index < -0.39 is 0 Å². The van der Waals surface area contributed by atoms with Gasteiger partial charge in [0, 0.05) is 23.4 Å². The van der Waals surface area contributed by atoms with Gasteiger partial charge in [-0.05, 0) is 63.2 Å². The van der Waals surface area contributed by atoms with Gasteiger partial charge in [0.1, 0.15) is 12.1 Å². The standard InChI is InChI=1S/C23H32N6O2S/c24-9-18-2-1-3-28(18)20(30)11-26-22-5-16-4-17(6-22)8-23(7-16,14-22)27-12-21(31)29-15-32-13-19(29)10-25/h16-19,26-27H,1-8,11-15H2/t16?,17?,18-,19+,22?,23?/m0/s1. The number of amides is 2. The summed E-state index contributed by atoms with van der Waals surface area (Å²) in [6.45, 7) is 1.26. The quantitative estimate of drug-likeness (QED) is 0.617. The summed E-state index contributed by atoms with van der Waals surface area (Å²) in [5.74, 6) is 2.60. The molecule has 0 spiro atoms. The number of carbonyl (C=O) groups excluding carboxylic acids is 2. The zero-order chi connectivity index (χ0) is 22.3. The predicted octanol–water partition coefficient (Wildman–Crippen LogP) is 1.20. The van der Waals surface area contributed by atoms with Crippen molar-refractivity contribution in [2.45, 2.75) is 74.5 Å². The van der Waals surface area contributed by atoms with E-state index >= 15 is 0 Å². The second kappa shape index (κ2) is 8.52. The smallest absolute Gasteiger partial charge is 0.238 e. The Hall–Kier alpha value is -1.81. The highest BCUT2D eigenvalue weighted by atomic mass is 32.2. The molecule has 4 saturated carbocycles. The Bertz CT molecular complexity index is 786. The maximum Gasteiger partial charge on any atom is 0.238 e. The van der Waals surface area contributed by atoms with Crippen LogP contribution < -0.4 is 10.6 Å². The Morgan fingerprint density at radius 2 is 1.53 bits per heavy atom. The predicted molar refractivity (Wildman–Crippen MR) is 120 cm³/mol.